The van der Waals surface area contributed by atoms with Gasteiger partial charge in [-0.1, -0.05) is 13.8 Å². The molecule has 0 unspecified atom stereocenters. The van der Waals surface area contributed by atoms with Gasteiger partial charge in [-0.15, -0.1) is 0 Å². The van der Waals surface area contributed by atoms with E-state index < -0.39 is 21.2 Å². The summed E-state index contributed by atoms with van der Waals surface area (Å²) in [6.45, 7) is 13.7. The van der Waals surface area contributed by atoms with Gasteiger partial charge in [0.2, 0.25) is 10.0 Å². The van der Waals surface area contributed by atoms with Crippen molar-refractivity contribution in [3.8, 4) is 0 Å². The van der Waals surface area contributed by atoms with Crippen molar-refractivity contribution in [2.24, 2.45) is 16.7 Å². The summed E-state index contributed by atoms with van der Waals surface area (Å²) in [7, 11) is 3.00. The molecule has 3 rings (SSSR count). The van der Waals surface area contributed by atoms with Crippen LogP contribution >= 0.6 is 0 Å². The summed E-state index contributed by atoms with van der Waals surface area (Å²) in [6.07, 6.45) is 2.73. The number of rotatable bonds is 7. The van der Waals surface area contributed by atoms with Crippen LogP contribution in [-0.2, 0) is 19.5 Å². The van der Waals surface area contributed by atoms with Crippen molar-refractivity contribution in [2.75, 3.05) is 40.0 Å². The smallest absolute Gasteiger partial charge is 0.215 e. The highest BCUT2D eigenvalue weighted by Crippen LogP contribution is 2.72. The zero-order valence-corrected chi connectivity index (χ0v) is 20.8. The van der Waals surface area contributed by atoms with Gasteiger partial charge in [0.1, 0.15) is 12.6 Å². The average Bonchev–Trinajstić information content (AvgIpc) is 3.04. The zero-order valence-electron chi connectivity index (χ0n) is 20.0. The van der Waals surface area contributed by atoms with Crippen LogP contribution in [0.3, 0.4) is 0 Å². The molecule has 0 amide bonds. The van der Waals surface area contributed by atoms with Gasteiger partial charge >= 0.3 is 0 Å². The lowest BCUT2D eigenvalue weighted by Crippen LogP contribution is -2.57. The molecule has 2 aliphatic carbocycles. The van der Waals surface area contributed by atoms with Crippen LogP contribution in [0.2, 0.25) is 0 Å². The quantitative estimate of drug-likeness (QED) is 0.581. The molecular formula is C22H43N2O4S+. The lowest BCUT2D eigenvalue weighted by Gasteiger charge is -2.48. The first-order chi connectivity index (χ1) is 13.1. The molecule has 0 N–H and O–H groups in total. The summed E-state index contributed by atoms with van der Waals surface area (Å²) in [5.74, 6) is -0.227. The minimum atomic E-state index is -3.47. The van der Waals surface area contributed by atoms with E-state index in [1.165, 1.54) is 0 Å². The van der Waals surface area contributed by atoms with Crippen molar-refractivity contribution in [3.05, 3.63) is 0 Å². The van der Waals surface area contributed by atoms with Gasteiger partial charge in [0.05, 0.1) is 33.5 Å². The Morgan fingerprint density at radius 2 is 1.69 bits per heavy atom. The minimum absolute atomic E-state index is 0.0102. The Bertz CT molecular complexity index is 720. The lowest BCUT2D eigenvalue weighted by molar-refractivity contribution is -0.873. The van der Waals surface area contributed by atoms with Crippen molar-refractivity contribution in [1.29, 1.82) is 0 Å². The molecule has 1 aliphatic heterocycles. The van der Waals surface area contributed by atoms with E-state index in [0.717, 1.165) is 30.3 Å². The SMILES string of the molecule is CC(C)N(C(C)C)S(=O)(=O)C[C@@]12CC[C@@H](C[C@]13OC[C@H](C[N+](C)(C)C)O3)C2(C)C. The van der Waals surface area contributed by atoms with Crippen molar-refractivity contribution in [1.82, 2.24) is 4.31 Å². The molecule has 4 atom stereocenters. The van der Waals surface area contributed by atoms with Gasteiger partial charge in [-0.25, -0.2) is 8.42 Å². The largest absolute Gasteiger partial charge is 0.346 e. The van der Waals surface area contributed by atoms with Gasteiger partial charge in [0.25, 0.3) is 0 Å². The first-order valence-electron chi connectivity index (χ1n) is 11.2. The molecule has 1 saturated heterocycles. The maximum Gasteiger partial charge on any atom is 0.215 e. The van der Waals surface area contributed by atoms with Gasteiger partial charge < -0.3 is 14.0 Å². The number of hydrogen-bond acceptors (Lipinski definition) is 4. The molecular weight excluding hydrogens is 388 g/mol. The van der Waals surface area contributed by atoms with Gasteiger partial charge in [0, 0.05) is 23.9 Å². The first-order valence-corrected chi connectivity index (χ1v) is 12.8. The second kappa shape index (κ2) is 7.16. The molecule has 7 heteroatoms. The number of fused-ring (bicyclic) bond motifs is 3. The summed E-state index contributed by atoms with van der Waals surface area (Å²) < 4.78 is 43.0. The first kappa shape index (κ1) is 23.5. The van der Waals surface area contributed by atoms with E-state index in [1.54, 1.807) is 4.31 Å². The summed E-state index contributed by atoms with van der Waals surface area (Å²) in [4.78, 5) is 0. The van der Waals surface area contributed by atoms with Crippen molar-refractivity contribution >= 4 is 10.0 Å². The molecule has 2 saturated carbocycles. The highest BCUT2D eigenvalue weighted by Gasteiger charge is 2.76. The second-order valence-corrected chi connectivity index (χ2v) is 13.7. The summed E-state index contributed by atoms with van der Waals surface area (Å²) >= 11 is 0. The summed E-state index contributed by atoms with van der Waals surface area (Å²) in [6, 6.07) is -0.129. The molecule has 0 radical (unpaired) electrons. The monoisotopic (exact) mass is 431 g/mol. The Morgan fingerprint density at radius 1 is 1.10 bits per heavy atom. The topological polar surface area (TPSA) is 55.8 Å². The molecule has 0 aromatic heterocycles. The third-order valence-electron chi connectivity index (χ3n) is 7.80. The van der Waals surface area contributed by atoms with Crippen molar-refractivity contribution in [3.63, 3.8) is 0 Å². The van der Waals surface area contributed by atoms with Gasteiger partial charge in [-0.2, -0.15) is 4.31 Å². The number of likely N-dealkylation sites (N-methyl/N-ethyl adjacent to an activating group) is 1. The third-order valence-corrected chi connectivity index (χ3v) is 10.1. The fourth-order valence-corrected chi connectivity index (χ4v) is 9.46. The Kier molecular flexibility index (Phi) is 5.79. The number of ether oxygens (including phenoxy) is 2. The van der Waals surface area contributed by atoms with Gasteiger partial charge in [-0.3, -0.25) is 0 Å². The van der Waals surface area contributed by atoms with E-state index >= 15 is 0 Å². The molecule has 2 bridgehead atoms. The van der Waals surface area contributed by atoms with E-state index in [-0.39, 0.29) is 29.4 Å². The molecule has 29 heavy (non-hydrogen) atoms. The molecule has 1 heterocycles. The molecule has 0 aromatic rings. The molecule has 3 fully saturated rings. The number of nitrogens with zero attached hydrogens (tertiary/aromatic N) is 2. The third kappa shape index (κ3) is 3.69. The minimum Gasteiger partial charge on any atom is -0.346 e. The summed E-state index contributed by atoms with van der Waals surface area (Å²) in [5, 5.41) is 0. The average molecular weight is 432 g/mol. The van der Waals surface area contributed by atoms with E-state index in [4.69, 9.17) is 9.47 Å². The zero-order chi connectivity index (χ0) is 22.0. The van der Waals surface area contributed by atoms with E-state index in [1.807, 2.05) is 27.7 Å². The molecule has 6 nitrogen and oxygen atoms in total. The fraction of sp³-hybridized carbons (Fsp3) is 1.00. The Morgan fingerprint density at radius 3 is 2.17 bits per heavy atom. The normalized spacial score (nSPS) is 37.0. The Hall–Kier alpha value is -0.210. The van der Waals surface area contributed by atoms with Crippen LogP contribution < -0.4 is 0 Å². The van der Waals surface area contributed by atoms with E-state index in [2.05, 4.69) is 35.0 Å². The van der Waals surface area contributed by atoms with Gasteiger partial charge in [0.15, 0.2) is 5.79 Å². The fourth-order valence-electron chi connectivity index (χ4n) is 6.67. The van der Waals surface area contributed by atoms with Crippen LogP contribution in [0.15, 0.2) is 0 Å². The van der Waals surface area contributed by atoms with E-state index in [0.29, 0.717) is 12.5 Å². The highest BCUT2D eigenvalue weighted by molar-refractivity contribution is 7.89. The Labute approximate surface area is 178 Å². The van der Waals surface area contributed by atoms with E-state index in [9.17, 15) is 8.42 Å². The maximum atomic E-state index is 13.7. The summed E-state index contributed by atoms with van der Waals surface area (Å²) in [5.41, 5.74) is -0.643. The van der Waals surface area contributed by atoms with Crippen molar-refractivity contribution < 1.29 is 22.4 Å². The van der Waals surface area contributed by atoms with Crippen LogP contribution in [0, 0.1) is 16.7 Å². The predicted molar refractivity (Wildman–Crippen MR) is 116 cm³/mol. The van der Waals surface area contributed by atoms with Crippen LogP contribution in [0.25, 0.3) is 0 Å². The van der Waals surface area contributed by atoms with Crippen LogP contribution in [0.5, 0.6) is 0 Å². The van der Waals surface area contributed by atoms with Crippen LogP contribution in [0.4, 0.5) is 0 Å². The second-order valence-electron chi connectivity index (χ2n) is 11.8. The highest BCUT2D eigenvalue weighted by atomic mass is 32.2. The Balaban J connectivity index is 1.97. The molecule has 170 valence electrons. The maximum absolute atomic E-state index is 13.7. The number of sulfonamides is 1. The number of hydrogen-bond donors (Lipinski definition) is 0. The molecule has 0 aromatic carbocycles. The standard InChI is InChI=1S/C22H43N2O4S/c1-16(2)23(17(3)4)29(25,26)15-21-11-10-18(20(21,5)6)12-22(21)27-14-19(28-22)13-24(7,8)9/h16-19H,10-15H2,1-9H3/q+1/t18-,19-,21+,22+/m0/s1. The molecule has 3 aliphatic rings. The van der Waals surface area contributed by atoms with Crippen LogP contribution in [0.1, 0.15) is 60.8 Å². The predicted octanol–water partition coefficient (Wildman–Crippen LogP) is 3.08. The van der Waals surface area contributed by atoms with Crippen molar-refractivity contribution in [2.45, 2.75) is 84.8 Å². The van der Waals surface area contributed by atoms with Gasteiger partial charge in [-0.05, 0) is 51.9 Å². The number of quaternary nitrogens is 1. The van der Waals surface area contributed by atoms with Crippen LogP contribution in [-0.4, -0.2) is 81.2 Å². The lowest BCUT2D eigenvalue weighted by atomic mass is 9.68. The molecule has 1 spiro atoms.